The highest BCUT2D eigenvalue weighted by atomic mass is 35.5. The summed E-state index contributed by atoms with van der Waals surface area (Å²) in [7, 11) is 0. The van der Waals surface area contributed by atoms with Crippen LogP contribution in [-0.2, 0) is 0 Å². The second-order valence-electron chi connectivity index (χ2n) is 40.1. The third-order valence-electron chi connectivity index (χ3n) is 17.4. The first-order valence-electron chi connectivity index (χ1n) is 60.2. The smallest absolute Gasteiger partial charge is 0.179 e. The lowest BCUT2D eigenvalue weighted by Gasteiger charge is -2.25. The van der Waals surface area contributed by atoms with Gasteiger partial charge >= 0.3 is 0 Å². The Morgan fingerprint density at radius 3 is 0.424 bits per heavy atom. The Balaban J connectivity index is -0.000000265. The van der Waals surface area contributed by atoms with Gasteiger partial charge in [0.2, 0.25) is 0 Å². The minimum Gasteiger partial charge on any atom is -0.303 e. The van der Waals surface area contributed by atoms with Crippen LogP contribution in [0.25, 0.3) is 0 Å². The van der Waals surface area contributed by atoms with Gasteiger partial charge in [0.1, 0.15) is 0 Å². The van der Waals surface area contributed by atoms with Crippen molar-refractivity contribution in [2.75, 3.05) is 0 Å². The number of rotatable bonds is 27. The maximum atomic E-state index is 12.6. The predicted molar refractivity (Wildman–Crippen MR) is 632 cm³/mol. The van der Waals surface area contributed by atoms with Crippen LogP contribution >= 0.6 is 104 Å². The lowest BCUT2D eigenvalue weighted by atomic mass is 10.0. The van der Waals surface area contributed by atoms with Crippen molar-refractivity contribution >= 4 is 156 Å². The molecule has 9 N–H and O–H groups in total. The number of hydrogen-bond acceptors (Lipinski definition) is 18. The summed E-state index contributed by atoms with van der Waals surface area (Å²) in [6, 6.07) is 41.0. The number of halogens is 9. The highest BCUT2D eigenvalue weighted by Gasteiger charge is 2.30. The number of Topliss-reactive ketones (excluding diaryl/α,β-unsaturated/α-hetero) is 9. The molecule has 0 amide bonds. The molecule has 0 bridgehead atoms. The summed E-state index contributed by atoms with van der Waals surface area (Å²) in [5.41, 5.74) is -6.88. The first kappa shape index (κ1) is 90.2. The molecule has 27 heteroatoms. The van der Waals surface area contributed by atoms with E-state index in [1.807, 2.05) is 109 Å². The molecule has 9 aromatic carbocycles. The molecule has 0 aliphatic heterocycles. The van der Waals surface area contributed by atoms with Crippen molar-refractivity contribution in [1.82, 2.24) is 47.9 Å². The molecule has 0 spiro atoms. The Morgan fingerprint density at radius 2 is 0.306 bits per heavy atom. The van der Waals surface area contributed by atoms with Crippen LogP contribution in [0.3, 0.4) is 0 Å². The van der Waals surface area contributed by atoms with Gasteiger partial charge in [0, 0.05) is 187 Å². The molecule has 5 unspecified atom stereocenters. The molecule has 0 aromatic heterocycles. The molecule has 0 saturated carbocycles. The second-order valence-corrected chi connectivity index (χ2v) is 44.0. The SMILES string of the molecule is [2H]C(C)(NC(C([2H])([2H])[2H])(C([2H])([2H])[2H])C([2H])([2H])[2H])C(=O)c1cccc(Cl)c1.[2H]C(C)(NC(C)(C([2H])([2H])[2H])C([2H])([2H])[2H])C(=O)c1cccc(Cl)c1.[2H]C(C)(NC(C)(C)C([2H])([2H])[2H])C(=O)c1cccc(Cl)c1.[2H]C(C)(NC(C)(C)C)C(=O)c1cccc(Cl)c1.[2H]C(C)(NC(C)(C)C)C(=O)c1cccc(Cl)c1.[2H]C([2H])([2H])[C@@]([2H])(NC(C)(C)C)C(=O)c1cccc(Cl)c1.[2H][C@@](C)(NC(C)(C)C)C(=O)c1cccc(Cl)c1.[2H][C@@](C)(NC(C)(C)C)C(=O)c1cccc(Cl)c1.[2H][C@](C)(NC(C)(C)C)C(=O)c1cccc(Cl)c1.[HH].[HH].[HH].[HH].[HH].[HH].[HH].[HH].[HH]. The average molecular weight is 2210 g/mol. The molecule has 18 nitrogen and oxygen atoms in total. The molecule has 0 aliphatic carbocycles. The highest BCUT2D eigenvalue weighted by molar-refractivity contribution is 6.34. The highest BCUT2D eigenvalue weighted by Crippen LogP contribution is 2.24. The standard InChI is InChI=1S/9C13H18ClNO.9H2/c9*1-9(15-13(2,3)4)12(16)10-6-5-7-11(14)8-10;;;;;;;;;/h9*5-9,15H,1-4H3;9*1H/t4*9-;;;;;;;;;;;;;;/m1100............../s1/i1D3,9D;3*9D;2D3,3D3,4D3,9D;2D3,3D3,9D;2D3,9D;2*9D;;;;;;;;;. The van der Waals surface area contributed by atoms with E-state index < -0.39 is 147 Å². The van der Waals surface area contributed by atoms with Crippen LogP contribution in [0.2, 0.25) is 45.2 Å². The first-order chi connectivity index (χ1) is 77.3. The van der Waals surface area contributed by atoms with E-state index >= 15 is 0 Å². The summed E-state index contributed by atoms with van der Waals surface area (Å²) in [6.07, 6.45) is 0. The van der Waals surface area contributed by atoms with Crippen molar-refractivity contribution in [3.63, 3.8) is 0 Å². The summed E-state index contributed by atoms with van der Waals surface area (Å²) in [5.74, 6) is -4.57. The van der Waals surface area contributed by atoms with E-state index in [1.54, 1.807) is 213 Å². The van der Waals surface area contributed by atoms with Gasteiger partial charge in [-0.05, 0) is 358 Å². The van der Waals surface area contributed by atoms with Crippen molar-refractivity contribution in [3.05, 3.63) is 314 Å². The monoisotopic (exact) mass is 2200 g/mol. The lowest BCUT2D eigenvalue weighted by molar-refractivity contribution is 0.0929. The van der Waals surface area contributed by atoms with Gasteiger partial charge < -0.3 is 47.9 Å². The fourth-order valence-corrected chi connectivity index (χ4v) is 14.1. The third kappa shape index (κ3) is 60.0. The third-order valence-corrected chi connectivity index (χ3v) is 19.5. The van der Waals surface area contributed by atoms with Crippen molar-refractivity contribution < 1.29 is 97.1 Å². The van der Waals surface area contributed by atoms with Crippen LogP contribution < -0.4 is 47.9 Å². The molecule has 0 saturated heterocycles. The maximum Gasteiger partial charge on any atom is 0.179 e. The van der Waals surface area contributed by atoms with E-state index in [4.69, 9.17) is 146 Å². The molecule has 0 heterocycles. The van der Waals surface area contributed by atoms with E-state index in [9.17, 15) is 43.2 Å². The fourth-order valence-electron chi connectivity index (χ4n) is 12.4. The Morgan fingerprint density at radius 1 is 0.194 bits per heavy atom. The molecule has 9 aromatic rings. The summed E-state index contributed by atoms with van der Waals surface area (Å²) in [4.78, 5) is 111. The zero-order valence-electron chi connectivity index (χ0n) is 117. The molecule has 0 aliphatic rings. The van der Waals surface area contributed by atoms with E-state index in [-0.39, 0.29) is 102 Å². The minimum atomic E-state index is -3.57. The Hall–Kier alpha value is -7.74. The normalized spacial score (nSPS) is 19.2. The minimum absolute atomic E-state index is 0. The van der Waals surface area contributed by atoms with Crippen molar-refractivity contribution in [2.24, 2.45) is 0 Å². The summed E-state index contributed by atoms with van der Waals surface area (Å²) in [5, 5.41) is 27.9. The van der Waals surface area contributed by atoms with Crippen LogP contribution in [0.1, 0.15) is 396 Å². The van der Waals surface area contributed by atoms with E-state index in [0.29, 0.717) is 63.0 Å². The van der Waals surface area contributed by atoms with Gasteiger partial charge in [-0.15, -0.1) is 0 Å². The molecule has 810 valence electrons. The van der Waals surface area contributed by atoms with Crippen LogP contribution in [0.5, 0.6) is 0 Å². The molecule has 9 atom stereocenters. The molecular weight excluding hydrogens is 1990 g/mol. The number of nitrogens with one attached hydrogen (secondary N) is 9. The Kier molecular flexibility index (Phi) is 38.5. The Labute approximate surface area is 963 Å². The zero-order valence-corrected chi connectivity index (χ0v) is 94.2. The van der Waals surface area contributed by atoms with Crippen LogP contribution in [0.15, 0.2) is 218 Å². The van der Waals surface area contributed by atoms with Gasteiger partial charge in [-0.3, -0.25) is 43.2 Å². The molecule has 0 radical (unpaired) electrons. The van der Waals surface area contributed by atoms with Gasteiger partial charge in [0.05, 0.1) is 66.5 Å². The van der Waals surface area contributed by atoms with Crippen LogP contribution in [0, 0.1) is 0 Å². The fraction of sp³-hybridized carbons (Fsp3) is 0.462. The van der Waals surface area contributed by atoms with Gasteiger partial charge in [-0.1, -0.05) is 214 Å². The molecule has 9 rings (SSSR count). The van der Waals surface area contributed by atoms with Gasteiger partial charge in [0.15, 0.2) is 52.0 Å². The zero-order chi connectivity index (χ0) is 137. The second kappa shape index (κ2) is 61.4. The molecule has 0 fully saturated rings. The summed E-state index contributed by atoms with van der Waals surface area (Å²) < 4.78 is 231. The average Bonchev–Trinajstić information content (AvgIpc) is 0.712. The van der Waals surface area contributed by atoms with Gasteiger partial charge in [0.25, 0.3) is 0 Å². The van der Waals surface area contributed by atoms with Crippen LogP contribution in [-0.4, -0.2) is 156 Å². The van der Waals surface area contributed by atoms with E-state index in [0.717, 1.165) is 20.8 Å². The number of carbonyl (C=O) groups excluding carboxylic acids is 9. The van der Waals surface area contributed by atoms with Crippen molar-refractivity contribution in [3.8, 4) is 0 Å². The molecular formula is C117H180Cl9N9O9. The van der Waals surface area contributed by atoms with Gasteiger partial charge in [-0.25, -0.2) is 0 Å². The maximum absolute atomic E-state index is 12.6. The lowest BCUT2D eigenvalue weighted by Crippen LogP contribution is -2.46. The Bertz CT molecular complexity index is 6500. The van der Waals surface area contributed by atoms with Gasteiger partial charge in [-0.2, -0.15) is 0 Å². The first-order valence-corrected chi connectivity index (χ1v) is 48.6. The number of hydrogen-bond donors (Lipinski definition) is 9. The van der Waals surface area contributed by atoms with Crippen LogP contribution in [0.4, 0.5) is 0 Å². The van der Waals surface area contributed by atoms with E-state index in [1.165, 1.54) is 81.4 Å². The number of carbonyl (C=O) groups is 9. The van der Waals surface area contributed by atoms with E-state index in [2.05, 4.69) is 42.5 Å². The predicted octanol–water partition coefficient (Wildman–Crippen LogP) is 31.9. The van der Waals surface area contributed by atoms with Crippen molar-refractivity contribution in [2.45, 2.75) is 353 Å². The quantitative estimate of drug-likeness (QED) is 0.0217. The molecule has 144 heavy (non-hydrogen) atoms. The topological polar surface area (TPSA) is 262 Å². The largest absolute Gasteiger partial charge is 0.303 e. The summed E-state index contributed by atoms with van der Waals surface area (Å²) >= 11 is 52.4. The number of benzene rings is 9. The summed E-state index contributed by atoms with van der Waals surface area (Å²) in [6.45, 7) is 27.2. The van der Waals surface area contributed by atoms with Crippen molar-refractivity contribution in [1.29, 1.82) is 0 Å². The number of ketones is 9.